The van der Waals surface area contributed by atoms with Gasteiger partial charge >= 0.3 is 0 Å². The number of likely N-dealkylation sites (tertiary alicyclic amines) is 1. The largest absolute Gasteiger partial charge is 0.462 e. The highest BCUT2D eigenvalue weighted by molar-refractivity contribution is 7.17. The summed E-state index contributed by atoms with van der Waals surface area (Å²) in [5.41, 5.74) is 1.71. The van der Waals surface area contributed by atoms with Gasteiger partial charge in [0.25, 0.3) is 5.91 Å². The van der Waals surface area contributed by atoms with Gasteiger partial charge in [-0.15, -0.1) is 36.2 Å². The first-order chi connectivity index (χ1) is 13.3. The molecular formula is C21H23Cl2N3O2S. The van der Waals surface area contributed by atoms with Crippen LogP contribution in [0.4, 0.5) is 0 Å². The molecule has 8 heteroatoms. The number of hydrogen-bond acceptors (Lipinski definition) is 5. The quantitative estimate of drug-likeness (QED) is 0.616. The molecule has 2 aromatic heterocycles. The number of aromatic nitrogens is 1. The summed E-state index contributed by atoms with van der Waals surface area (Å²) in [4.78, 5) is 20.9. The van der Waals surface area contributed by atoms with E-state index < -0.39 is 0 Å². The lowest BCUT2D eigenvalue weighted by molar-refractivity contribution is 0.0753. The number of amides is 1. The molecule has 2 atom stereocenters. The second-order valence-corrected chi connectivity index (χ2v) is 8.22. The van der Waals surface area contributed by atoms with Crippen molar-refractivity contribution in [3.05, 3.63) is 53.6 Å². The second kappa shape index (κ2) is 9.30. The molecule has 5 nitrogen and oxygen atoms in total. The Bertz CT molecular complexity index is 946. The van der Waals surface area contributed by atoms with Gasteiger partial charge in [0.2, 0.25) is 0 Å². The number of carbonyl (C=O) groups excluding carboxylic acids is 1. The van der Waals surface area contributed by atoms with Gasteiger partial charge in [0, 0.05) is 30.7 Å². The van der Waals surface area contributed by atoms with Crippen molar-refractivity contribution in [3.8, 4) is 22.0 Å². The molecule has 2 aliphatic rings. The highest BCUT2D eigenvalue weighted by Gasteiger charge is 2.33. The van der Waals surface area contributed by atoms with Gasteiger partial charge in [0.05, 0.1) is 12.0 Å². The SMILES string of the molecule is Cl.Cl.O=C(c1sc(-c2ccco2)nc1-c1ccccc1)N1CCC2CCC(C1)N2. The minimum absolute atomic E-state index is 0. The van der Waals surface area contributed by atoms with Gasteiger partial charge in [-0.3, -0.25) is 4.79 Å². The highest BCUT2D eigenvalue weighted by atomic mass is 35.5. The fraction of sp³-hybridized carbons (Fsp3) is 0.333. The molecule has 154 valence electrons. The third kappa shape index (κ3) is 4.36. The van der Waals surface area contributed by atoms with Crippen LogP contribution in [-0.4, -0.2) is 41.0 Å². The molecule has 0 radical (unpaired) electrons. The fourth-order valence-electron chi connectivity index (χ4n) is 4.03. The molecule has 1 aromatic carbocycles. The molecule has 4 heterocycles. The Labute approximate surface area is 186 Å². The number of fused-ring (bicyclic) bond motifs is 2. The third-order valence-corrected chi connectivity index (χ3v) is 6.47. The normalized spacial score (nSPS) is 20.5. The first-order valence-corrected chi connectivity index (χ1v) is 10.2. The van der Waals surface area contributed by atoms with E-state index in [0.717, 1.165) is 42.2 Å². The summed E-state index contributed by atoms with van der Waals surface area (Å²) in [7, 11) is 0. The van der Waals surface area contributed by atoms with E-state index in [-0.39, 0.29) is 30.7 Å². The van der Waals surface area contributed by atoms with Crippen LogP contribution in [0.5, 0.6) is 0 Å². The third-order valence-electron chi connectivity index (χ3n) is 5.41. The Morgan fingerprint density at radius 3 is 2.62 bits per heavy atom. The average molecular weight is 452 g/mol. The molecule has 2 unspecified atom stereocenters. The lowest BCUT2D eigenvalue weighted by Crippen LogP contribution is -2.38. The number of nitrogens with one attached hydrogen (secondary N) is 1. The van der Waals surface area contributed by atoms with Crippen LogP contribution in [0.3, 0.4) is 0 Å². The molecule has 5 rings (SSSR count). The Balaban J connectivity index is 0.00000120. The van der Waals surface area contributed by atoms with Crippen molar-refractivity contribution >= 4 is 42.1 Å². The van der Waals surface area contributed by atoms with E-state index in [1.165, 1.54) is 17.8 Å². The number of furan rings is 1. The maximum atomic E-state index is 13.4. The number of halogens is 2. The predicted octanol–water partition coefficient (Wildman–Crippen LogP) is 4.88. The zero-order valence-corrected chi connectivity index (χ0v) is 18.2. The van der Waals surface area contributed by atoms with Crippen LogP contribution in [0.2, 0.25) is 0 Å². The molecule has 2 aliphatic heterocycles. The minimum Gasteiger partial charge on any atom is -0.462 e. The fourth-order valence-corrected chi connectivity index (χ4v) is 5.06. The summed E-state index contributed by atoms with van der Waals surface area (Å²) < 4.78 is 5.52. The monoisotopic (exact) mass is 451 g/mol. The molecule has 3 aromatic rings. The molecule has 0 spiro atoms. The van der Waals surface area contributed by atoms with Crippen LogP contribution in [-0.2, 0) is 0 Å². The van der Waals surface area contributed by atoms with Crippen molar-refractivity contribution in [2.24, 2.45) is 0 Å². The summed E-state index contributed by atoms with van der Waals surface area (Å²) in [6, 6.07) is 14.6. The van der Waals surface area contributed by atoms with E-state index in [1.807, 2.05) is 47.4 Å². The first kappa shape index (κ1) is 21.8. The number of rotatable bonds is 3. The summed E-state index contributed by atoms with van der Waals surface area (Å²) in [5, 5.41) is 4.39. The molecule has 29 heavy (non-hydrogen) atoms. The zero-order valence-electron chi connectivity index (χ0n) is 15.7. The van der Waals surface area contributed by atoms with Gasteiger partial charge in [-0.05, 0) is 31.4 Å². The van der Waals surface area contributed by atoms with Crippen LogP contribution in [0, 0.1) is 0 Å². The summed E-state index contributed by atoms with van der Waals surface area (Å²) in [5.74, 6) is 0.784. The van der Waals surface area contributed by atoms with E-state index >= 15 is 0 Å². The Morgan fingerprint density at radius 2 is 1.86 bits per heavy atom. The van der Waals surface area contributed by atoms with Gasteiger partial charge in [-0.25, -0.2) is 4.98 Å². The van der Waals surface area contributed by atoms with Gasteiger partial charge in [0.15, 0.2) is 10.8 Å². The smallest absolute Gasteiger partial charge is 0.266 e. The molecule has 2 bridgehead atoms. The molecular weight excluding hydrogens is 429 g/mol. The van der Waals surface area contributed by atoms with Crippen LogP contribution >= 0.6 is 36.2 Å². The zero-order chi connectivity index (χ0) is 18.2. The van der Waals surface area contributed by atoms with Gasteiger partial charge in [0.1, 0.15) is 4.88 Å². The summed E-state index contributed by atoms with van der Waals surface area (Å²) in [6.45, 7) is 1.58. The minimum atomic E-state index is 0. The van der Waals surface area contributed by atoms with E-state index in [1.54, 1.807) is 6.26 Å². The van der Waals surface area contributed by atoms with E-state index in [0.29, 0.717) is 22.7 Å². The van der Waals surface area contributed by atoms with Crippen LogP contribution < -0.4 is 5.32 Å². The Morgan fingerprint density at radius 1 is 1.07 bits per heavy atom. The van der Waals surface area contributed by atoms with E-state index in [2.05, 4.69) is 5.32 Å². The van der Waals surface area contributed by atoms with Crippen LogP contribution in [0.15, 0.2) is 53.1 Å². The molecule has 0 aliphatic carbocycles. The molecule has 1 amide bonds. The average Bonchev–Trinajstić information content (AvgIpc) is 3.41. The van der Waals surface area contributed by atoms with Gasteiger partial charge in [-0.2, -0.15) is 0 Å². The maximum absolute atomic E-state index is 13.4. The lowest BCUT2D eigenvalue weighted by Gasteiger charge is -2.24. The van der Waals surface area contributed by atoms with Crippen LogP contribution in [0.1, 0.15) is 28.9 Å². The molecule has 2 fully saturated rings. The van der Waals surface area contributed by atoms with Crippen LogP contribution in [0.25, 0.3) is 22.0 Å². The number of hydrogen-bond donors (Lipinski definition) is 1. The van der Waals surface area contributed by atoms with Crippen molar-refractivity contribution in [3.63, 3.8) is 0 Å². The topological polar surface area (TPSA) is 58.4 Å². The van der Waals surface area contributed by atoms with Gasteiger partial charge in [-0.1, -0.05) is 30.3 Å². The van der Waals surface area contributed by atoms with Crippen molar-refractivity contribution in [2.75, 3.05) is 13.1 Å². The van der Waals surface area contributed by atoms with E-state index in [9.17, 15) is 4.79 Å². The second-order valence-electron chi connectivity index (χ2n) is 7.22. The number of thiazole rings is 1. The standard InChI is InChI=1S/C21H21N3O2S.2ClH/c25-21(24-11-10-15-8-9-16(13-24)22-15)19-18(14-5-2-1-3-6-14)23-20(27-19)17-7-4-12-26-17;;/h1-7,12,15-16,22H,8-11,13H2;2*1H. The molecule has 0 saturated carbocycles. The highest BCUT2D eigenvalue weighted by Crippen LogP contribution is 2.35. The Hall–Kier alpha value is -1.86. The van der Waals surface area contributed by atoms with E-state index in [4.69, 9.17) is 9.40 Å². The number of carbonyl (C=O) groups is 1. The van der Waals surface area contributed by atoms with Crippen molar-refractivity contribution in [1.82, 2.24) is 15.2 Å². The first-order valence-electron chi connectivity index (χ1n) is 9.43. The molecule has 2 saturated heterocycles. The van der Waals surface area contributed by atoms with Crippen molar-refractivity contribution < 1.29 is 9.21 Å². The van der Waals surface area contributed by atoms with Crippen molar-refractivity contribution in [2.45, 2.75) is 31.3 Å². The summed E-state index contributed by atoms with van der Waals surface area (Å²) >= 11 is 1.42. The maximum Gasteiger partial charge on any atom is 0.266 e. The molecule has 1 N–H and O–H groups in total. The summed E-state index contributed by atoms with van der Waals surface area (Å²) in [6.07, 6.45) is 5.04. The van der Waals surface area contributed by atoms with Gasteiger partial charge < -0.3 is 14.6 Å². The number of benzene rings is 1. The lowest BCUT2D eigenvalue weighted by atomic mass is 10.1. The predicted molar refractivity (Wildman–Crippen MR) is 120 cm³/mol. The van der Waals surface area contributed by atoms with Crippen molar-refractivity contribution in [1.29, 1.82) is 0 Å². The Kier molecular flexibility index (Phi) is 7.01. The number of nitrogens with zero attached hydrogens (tertiary/aromatic N) is 2.